The summed E-state index contributed by atoms with van der Waals surface area (Å²) in [5, 5.41) is 0. The first-order valence-corrected chi connectivity index (χ1v) is 6.64. The predicted octanol–water partition coefficient (Wildman–Crippen LogP) is 2.31. The van der Waals surface area contributed by atoms with Gasteiger partial charge in [0.1, 0.15) is 0 Å². The zero-order valence-corrected chi connectivity index (χ0v) is 11.4. The molecule has 18 heavy (non-hydrogen) atoms. The minimum absolute atomic E-state index is 0.0680. The first kappa shape index (κ1) is 13.1. The van der Waals surface area contributed by atoms with Crippen molar-refractivity contribution in [1.82, 2.24) is 4.90 Å². The molecule has 0 saturated carbocycles. The maximum Gasteiger partial charge on any atom is 0.239 e. The van der Waals surface area contributed by atoms with E-state index < -0.39 is 6.04 Å². The summed E-state index contributed by atoms with van der Waals surface area (Å²) in [5.74, 6) is 0.0680. The Hall–Kier alpha value is -1.35. The molecule has 1 saturated heterocycles. The SMILES string of the molecule is Cc1ccc(C)c([C@H]2CCCN2C(=O)[C@H](C)N)c1. The number of aryl methyl sites for hydroxylation is 2. The van der Waals surface area contributed by atoms with Crippen LogP contribution in [0.3, 0.4) is 0 Å². The van der Waals surface area contributed by atoms with Crippen LogP contribution >= 0.6 is 0 Å². The van der Waals surface area contributed by atoms with Crippen LogP contribution < -0.4 is 5.73 Å². The van der Waals surface area contributed by atoms with Gasteiger partial charge in [-0.2, -0.15) is 0 Å². The van der Waals surface area contributed by atoms with E-state index in [-0.39, 0.29) is 11.9 Å². The number of nitrogens with zero attached hydrogens (tertiary/aromatic N) is 1. The zero-order chi connectivity index (χ0) is 13.3. The second kappa shape index (κ2) is 5.11. The number of benzene rings is 1. The zero-order valence-electron chi connectivity index (χ0n) is 11.4. The van der Waals surface area contributed by atoms with Crippen molar-refractivity contribution in [2.75, 3.05) is 6.54 Å². The number of nitrogens with two attached hydrogens (primary N) is 1. The highest BCUT2D eigenvalue weighted by atomic mass is 16.2. The van der Waals surface area contributed by atoms with E-state index >= 15 is 0 Å². The Balaban J connectivity index is 2.31. The highest BCUT2D eigenvalue weighted by Crippen LogP contribution is 2.34. The first-order valence-electron chi connectivity index (χ1n) is 6.64. The van der Waals surface area contributed by atoms with Crippen molar-refractivity contribution < 1.29 is 4.79 Å². The van der Waals surface area contributed by atoms with E-state index in [2.05, 4.69) is 32.0 Å². The molecular weight excluding hydrogens is 224 g/mol. The lowest BCUT2D eigenvalue weighted by Gasteiger charge is -2.28. The molecule has 0 radical (unpaired) electrons. The van der Waals surface area contributed by atoms with Crippen LogP contribution in [0.1, 0.15) is 42.5 Å². The average molecular weight is 246 g/mol. The molecule has 1 aliphatic rings. The summed E-state index contributed by atoms with van der Waals surface area (Å²) in [4.78, 5) is 14.1. The van der Waals surface area contributed by atoms with Crippen molar-refractivity contribution in [1.29, 1.82) is 0 Å². The van der Waals surface area contributed by atoms with E-state index in [1.54, 1.807) is 6.92 Å². The Kier molecular flexibility index (Phi) is 3.71. The summed E-state index contributed by atoms with van der Waals surface area (Å²) in [6, 6.07) is 6.26. The van der Waals surface area contributed by atoms with E-state index in [0.29, 0.717) is 0 Å². The van der Waals surface area contributed by atoms with Crippen molar-refractivity contribution in [2.24, 2.45) is 5.73 Å². The molecule has 0 aliphatic carbocycles. The van der Waals surface area contributed by atoms with Crippen molar-refractivity contribution in [2.45, 2.75) is 45.7 Å². The number of rotatable bonds is 2. The normalized spacial score (nSPS) is 21.1. The third-order valence-corrected chi connectivity index (χ3v) is 3.72. The van der Waals surface area contributed by atoms with E-state index in [1.165, 1.54) is 16.7 Å². The summed E-state index contributed by atoms with van der Waals surface area (Å²) < 4.78 is 0. The smallest absolute Gasteiger partial charge is 0.239 e. The molecule has 1 aliphatic heterocycles. The summed E-state index contributed by atoms with van der Waals surface area (Å²) in [5.41, 5.74) is 9.52. The maximum absolute atomic E-state index is 12.1. The van der Waals surface area contributed by atoms with Gasteiger partial charge >= 0.3 is 0 Å². The lowest BCUT2D eigenvalue weighted by molar-refractivity contribution is -0.133. The van der Waals surface area contributed by atoms with Gasteiger partial charge in [0.05, 0.1) is 12.1 Å². The predicted molar refractivity (Wildman–Crippen MR) is 73.3 cm³/mol. The number of carbonyl (C=O) groups is 1. The molecule has 2 N–H and O–H groups in total. The van der Waals surface area contributed by atoms with Gasteiger partial charge in [0.25, 0.3) is 0 Å². The van der Waals surface area contributed by atoms with Crippen LogP contribution in [0, 0.1) is 13.8 Å². The number of likely N-dealkylation sites (tertiary alicyclic amines) is 1. The van der Waals surface area contributed by atoms with Crippen LogP contribution in [-0.2, 0) is 4.79 Å². The molecule has 1 aromatic rings. The highest BCUT2D eigenvalue weighted by molar-refractivity contribution is 5.82. The molecular formula is C15H22N2O. The summed E-state index contributed by atoms with van der Waals surface area (Å²) in [6.45, 7) is 6.80. The van der Waals surface area contributed by atoms with Crippen molar-refractivity contribution in [3.05, 3.63) is 34.9 Å². The van der Waals surface area contributed by atoms with Gasteiger partial charge in [-0.1, -0.05) is 23.8 Å². The Morgan fingerprint density at radius 1 is 1.44 bits per heavy atom. The lowest BCUT2D eigenvalue weighted by Crippen LogP contribution is -2.41. The topological polar surface area (TPSA) is 46.3 Å². The molecule has 1 fully saturated rings. The fourth-order valence-corrected chi connectivity index (χ4v) is 2.73. The molecule has 2 atom stereocenters. The summed E-state index contributed by atoms with van der Waals surface area (Å²) in [7, 11) is 0. The van der Waals surface area contributed by atoms with Gasteiger partial charge in [-0.15, -0.1) is 0 Å². The van der Waals surface area contributed by atoms with Gasteiger partial charge in [-0.3, -0.25) is 4.79 Å². The molecule has 1 amide bonds. The number of hydrogen-bond donors (Lipinski definition) is 1. The Labute approximate surface area is 109 Å². The minimum Gasteiger partial charge on any atom is -0.334 e. The van der Waals surface area contributed by atoms with Gasteiger partial charge in [-0.05, 0) is 44.7 Å². The van der Waals surface area contributed by atoms with Crippen molar-refractivity contribution in [3.8, 4) is 0 Å². The monoisotopic (exact) mass is 246 g/mol. The fraction of sp³-hybridized carbons (Fsp3) is 0.533. The van der Waals surface area contributed by atoms with E-state index in [4.69, 9.17) is 5.73 Å². The lowest BCUT2D eigenvalue weighted by atomic mass is 9.97. The number of hydrogen-bond acceptors (Lipinski definition) is 2. The van der Waals surface area contributed by atoms with E-state index in [1.807, 2.05) is 4.90 Å². The molecule has 2 rings (SSSR count). The molecule has 3 nitrogen and oxygen atoms in total. The standard InChI is InChI=1S/C15H22N2O/c1-10-6-7-11(2)13(9-10)14-5-4-8-17(14)15(18)12(3)16/h6-7,9,12,14H,4-5,8,16H2,1-3H3/t12-,14+/m0/s1. The maximum atomic E-state index is 12.1. The third-order valence-electron chi connectivity index (χ3n) is 3.72. The van der Waals surface area contributed by atoms with Crippen LogP contribution in [0.4, 0.5) is 0 Å². The number of amides is 1. The molecule has 3 heteroatoms. The molecule has 1 aromatic carbocycles. The molecule has 0 aromatic heterocycles. The van der Waals surface area contributed by atoms with E-state index in [9.17, 15) is 4.79 Å². The summed E-state index contributed by atoms with van der Waals surface area (Å²) in [6.07, 6.45) is 2.11. The molecule has 98 valence electrons. The Morgan fingerprint density at radius 2 is 2.17 bits per heavy atom. The molecule has 0 spiro atoms. The minimum atomic E-state index is -0.407. The second-order valence-corrected chi connectivity index (χ2v) is 5.34. The number of carbonyl (C=O) groups excluding carboxylic acids is 1. The van der Waals surface area contributed by atoms with Gasteiger partial charge in [0.2, 0.25) is 5.91 Å². The molecule has 1 heterocycles. The average Bonchev–Trinajstić information content (AvgIpc) is 2.80. The summed E-state index contributed by atoms with van der Waals surface area (Å²) >= 11 is 0. The van der Waals surface area contributed by atoms with Crippen LogP contribution in [0.25, 0.3) is 0 Å². The fourth-order valence-electron chi connectivity index (χ4n) is 2.73. The molecule has 0 unspecified atom stereocenters. The van der Waals surface area contributed by atoms with Gasteiger partial charge in [-0.25, -0.2) is 0 Å². The van der Waals surface area contributed by atoms with Crippen molar-refractivity contribution in [3.63, 3.8) is 0 Å². The highest BCUT2D eigenvalue weighted by Gasteiger charge is 2.31. The van der Waals surface area contributed by atoms with Crippen LogP contribution in [-0.4, -0.2) is 23.4 Å². The van der Waals surface area contributed by atoms with Gasteiger partial charge < -0.3 is 10.6 Å². The Morgan fingerprint density at radius 3 is 2.83 bits per heavy atom. The van der Waals surface area contributed by atoms with Crippen molar-refractivity contribution >= 4 is 5.91 Å². The molecule has 0 bridgehead atoms. The Bertz CT molecular complexity index is 454. The van der Waals surface area contributed by atoms with Crippen LogP contribution in [0.2, 0.25) is 0 Å². The first-order chi connectivity index (χ1) is 8.50. The second-order valence-electron chi connectivity index (χ2n) is 5.34. The largest absolute Gasteiger partial charge is 0.334 e. The third kappa shape index (κ3) is 2.41. The van der Waals surface area contributed by atoms with Crippen LogP contribution in [0.5, 0.6) is 0 Å². The van der Waals surface area contributed by atoms with Crippen LogP contribution in [0.15, 0.2) is 18.2 Å². The van der Waals surface area contributed by atoms with Gasteiger partial charge in [0.15, 0.2) is 0 Å². The van der Waals surface area contributed by atoms with Gasteiger partial charge in [0, 0.05) is 6.54 Å². The quantitative estimate of drug-likeness (QED) is 0.870. The van der Waals surface area contributed by atoms with E-state index in [0.717, 1.165) is 19.4 Å².